The maximum atomic E-state index is 12.2. The molecule has 1 aliphatic heterocycles. The summed E-state index contributed by atoms with van der Waals surface area (Å²) in [5.74, 6) is 5.53. The molecule has 6 atom stereocenters. The van der Waals surface area contributed by atoms with E-state index in [0.717, 1.165) is 59.9 Å². The molecule has 1 amide bonds. The molecule has 5 heteroatoms. The lowest BCUT2D eigenvalue weighted by Gasteiger charge is -2.46. The number of amides is 1. The van der Waals surface area contributed by atoms with Gasteiger partial charge in [0.25, 0.3) is 0 Å². The Kier molecular flexibility index (Phi) is 7.07. The first-order chi connectivity index (χ1) is 16.2. The number of fused-ring (bicyclic) bond motifs is 4. The minimum Gasteiger partial charge on any atom is -0.544 e. The standard InChI is InChI=1S/C15H22OSi.C14H25NOSi/c1-17(2,16-14-6-4-3-5-7-14)15-11-12-8-9-13(15)10-12;1-17(2,15-8-4-3-5-14(15)16)13-10-11-6-7-12(13)9-11/h3-7,12-13,15H,8-11H2,1-2H3;11-13H,3-10H2,1-2H3. The lowest BCUT2D eigenvalue weighted by Crippen LogP contribution is -2.57. The summed E-state index contributed by atoms with van der Waals surface area (Å²) in [7, 11) is -3.07. The van der Waals surface area contributed by atoms with Crippen molar-refractivity contribution in [1.29, 1.82) is 0 Å². The van der Waals surface area contributed by atoms with E-state index in [9.17, 15) is 4.79 Å². The average Bonchev–Trinajstić information content (AvgIpc) is 3.62. The molecule has 1 heterocycles. The SMILES string of the molecule is C[Si](C)(C1CC2CCC1C2)N1CCCCC1=O.C[Si](C)(Oc1ccccc1)C1CC2CCC1C2. The van der Waals surface area contributed by atoms with Gasteiger partial charge in [0.2, 0.25) is 14.2 Å². The predicted octanol–water partition coefficient (Wildman–Crippen LogP) is 7.85. The second-order valence-corrected chi connectivity index (χ2v) is 22.0. The van der Waals surface area contributed by atoms with Crippen molar-refractivity contribution < 1.29 is 9.22 Å². The van der Waals surface area contributed by atoms with Gasteiger partial charge in [0.05, 0.1) is 0 Å². The number of carbonyl (C=O) groups excluding carboxylic acids is 1. The highest BCUT2D eigenvalue weighted by atomic mass is 28.4. The predicted molar refractivity (Wildman–Crippen MR) is 146 cm³/mol. The van der Waals surface area contributed by atoms with E-state index in [1.807, 2.05) is 0 Å². The zero-order valence-corrected chi connectivity index (χ0v) is 24.1. The molecular weight excluding hydrogens is 450 g/mol. The van der Waals surface area contributed by atoms with Crippen LogP contribution in [0.15, 0.2) is 30.3 Å². The van der Waals surface area contributed by atoms with Gasteiger partial charge in [-0.15, -0.1) is 0 Å². The van der Waals surface area contributed by atoms with Gasteiger partial charge in [0, 0.05) is 13.0 Å². The Hall–Kier alpha value is -1.08. The van der Waals surface area contributed by atoms with Crippen molar-refractivity contribution in [3.05, 3.63) is 30.3 Å². The summed E-state index contributed by atoms with van der Waals surface area (Å²) >= 11 is 0. The average molecular weight is 498 g/mol. The molecule has 0 spiro atoms. The van der Waals surface area contributed by atoms with Crippen LogP contribution in [0.4, 0.5) is 0 Å². The summed E-state index contributed by atoms with van der Waals surface area (Å²) < 4.78 is 8.73. The highest BCUT2D eigenvalue weighted by Crippen LogP contribution is 2.56. The van der Waals surface area contributed by atoms with Crippen molar-refractivity contribution in [2.75, 3.05) is 6.54 Å². The van der Waals surface area contributed by atoms with Crippen LogP contribution in [0.25, 0.3) is 0 Å². The van der Waals surface area contributed by atoms with E-state index in [-0.39, 0.29) is 0 Å². The van der Waals surface area contributed by atoms with Crippen LogP contribution < -0.4 is 4.43 Å². The Morgan fingerprint density at radius 3 is 1.94 bits per heavy atom. The van der Waals surface area contributed by atoms with Crippen molar-refractivity contribution in [2.45, 2.75) is 108 Å². The van der Waals surface area contributed by atoms with Gasteiger partial charge in [0.15, 0.2) is 8.24 Å². The first-order valence-electron chi connectivity index (χ1n) is 14.3. The molecule has 5 aliphatic rings. The first-order valence-corrected chi connectivity index (χ1v) is 20.3. The molecule has 0 N–H and O–H groups in total. The van der Waals surface area contributed by atoms with Crippen molar-refractivity contribution >= 4 is 22.5 Å². The topological polar surface area (TPSA) is 29.5 Å². The summed E-state index contributed by atoms with van der Waals surface area (Å²) in [6.07, 6.45) is 14.9. The second kappa shape index (κ2) is 9.76. The molecule has 4 saturated carbocycles. The minimum atomic E-state index is -1.56. The van der Waals surface area contributed by atoms with Gasteiger partial charge in [-0.2, -0.15) is 0 Å². The maximum Gasteiger partial charge on any atom is 0.248 e. The molecular formula is C29H47NO2Si2. The smallest absolute Gasteiger partial charge is 0.248 e. The summed E-state index contributed by atoms with van der Waals surface area (Å²) in [4.78, 5) is 12.2. The normalized spacial score (nSPS) is 34.8. The Labute approximate surface area is 210 Å². The monoisotopic (exact) mass is 497 g/mol. The zero-order chi connectivity index (χ0) is 23.9. The van der Waals surface area contributed by atoms with Gasteiger partial charge < -0.3 is 8.99 Å². The van der Waals surface area contributed by atoms with Crippen LogP contribution in [0.5, 0.6) is 5.75 Å². The second-order valence-electron chi connectivity index (χ2n) is 13.2. The number of carbonyl (C=O) groups is 1. The summed E-state index contributed by atoms with van der Waals surface area (Å²) in [6.45, 7) is 10.8. The molecule has 1 aromatic rings. The van der Waals surface area contributed by atoms with Gasteiger partial charge in [-0.05, 0) is 98.5 Å². The van der Waals surface area contributed by atoms with E-state index in [2.05, 4.69) is 61.1 Å². The van der Waals surface area contributed by atoms with E-state index in [4.69, 9.17) is 4.43 Å². The number of para-hydroxylation sites is 1. The molecule has 6 rings (SSSR count). The molecule has 0 radical (unpaired) electrons. The van der Waals surface area contributed by atoms with E-state index in [1.165, 1.54) is 57.8 Å². The fraction of sp³-hybridized carbons (Fsp3) is 0.759. The summed E-state index contributed by atoms with van der Waals surface area (Å²) in [5, 5.41) is 0. The Bertz CT molecular complexity index is 857. The van der Waals surface area contributed by atoms with Crippen LogP contribution in [0.3, 0.4) is 0 Å². The third-order valence-corrected chi connectivity index (χ3v) is 18.1. The molecule has 4 bridgehead atoms. The van der Waals surface area contributed by atoms with E-state index < -0.39 is 16.6 Å². The molecule has 1 aromatic carbocycles. The first kappa shape index (κ1) is 24.6. The molecule has 1 saturated heterocycles. The zero-order valence-electron chi connectivity index (χ0n) is 22.1. The van der Waals surface area contributed by atoms with Gasteiger partial charge >= 0.3 is 0 Å². The molecule has 34 heavy (non-hydrogen) atoms. The summed E-state index contributed by atoms with van der Waals surface area (Å²) in [5.41, 5.74) is 1.80. The van der Waals surface area contributed by atoms with Crippen molar-refractivity contribution in [2.24, 2.45) is 23.7 Å². The van der Waals surface area contributed by atoms with Gasteiger partial charge in [-0.3, -0.25) is 4.79 Å². The summed E-state index contributed by atoms with van der Waals surface area (Å²) in [6, 6.07) is 10.4. The minimum absolute atomic E-state index is 0.468. The number of hydrogen-bond donors (Lipinski definition) is 0. The largest absolute Gasteiger partial charge is 0.544 e. The van der Waals surface area contributed by atoms with Gasteiger partial charge in [-0.1, -0.05) is 57.0 Å². The third-order valence-electron chi connectivity index (χ3n) is 10.4. The van der Waals surface area contributed by atoms with Crippen LogP contribution in [-0.4, -0.2) is 33.6 Å². The van der Waals surface area contributed by atoms with Crippen LogP contribution in [0.2, 0.25) is 37.3 Å². The lowest BCUT2D eigenvalue weighted by molar-refractivity contribution is -0.128. The lowest BCUT2D eigenvalue weighted by atomic mass is 10.0. The van der Waals surface area contributed by atoms with E-state index >= 15 is 0 Å². The molecule has 3 nitrogen and oxygen atoms in total. The van der Waals surface area contributed by atoms with Gasteiger partial charge in [-0.25, -0.2) is 0 Å². The Morgan fingerprint density at radius 2 is 1.41 bits per heavy atom. The fourth-order valence-electron chi connectivity index (χ4n) is 8.69. The van der Waals surface area contributed by atoms with Crippen molar-refractivity contribution in [3.8, 4) is 5.75 Å². The highest BCUT2D eigenvalue weighted by Gasteiger charge is 2.51. The van der Waals surface area contributed by atoms with Crippen LogP contribution in [-0.2, 0) is 4.79 Å². The van der Waals surface area contributed by atoms with Crippen LogP contribution in [0.1, 0.15) is 70.6 Å². The quantitative estimate of drug-likeness (QED) is 0.388. The molecule has 0 aromatic heterocycles. The van der Waals surface area contributed by atoms with E-state index in [0.29, 0.717) is 5.91 Å². The number of hydrogen-bond acceptors (Lipinski definition) is 2. The highest BCUT2D eigenvalue weighted by molar-refractivity contribution is 6.78. The fourth-order valence-corrected chi connectivity index (χ4v) is 16.2. The number of rotatable bonds is 5. The van der Waals surface area contributed by atoms with Crippen LogP contribution >= 0.6 is 0 Å². The third kappa shape index (κ3) is 4.93. The van der Waals surface area contributed by atoms with Crippen molar-refractivity contribution in [3.63, 3.8) is 0 Å². The Balaban J connectivity index is 0.000000142. The molecule has 5 fully saturated rings. The molecule has 6 unspecified atom stereocenters. The van der Waals surface area contributed by atoms with Crippen LogP contribution in [0, 0.1) is 23.7 Å². The number of piperidine rings is 1. The molecule has 4 aliphatic carbocycles. The van der Waals surface area contributed by atoms with E-state index in [1.54, 1.807) is 0 Å². The molecule has 188 valence electrons. The van der Waals surface area contributed by atoms with Gasteiger partial charge in [0.1, 0.15) is 5.75 Å². The van der Waals surface area contributed by atoms with Crippen molar-refractivity contribution in [1.82, 2.24) is 4.57 Å². The number of benzene rings is 1. The number of nitrogens with zero attached hydrogens (tertiary/aromatic N) is 1. The maximum absolute atomic E-state index is 12.2. The Morgan fingerprint density at radius 1 is 0.794 bits per heavy atom.